The second kappa shape index (κ2) is 9.45. The van der Waals surface area contributed by atoms with Gasteiger partial charge < -0.3 is 14.8 Å². The van der Waals surface area contributed by atoms with Crippen LogP contribution in [0.1, 0.15) is 18.1 Å². The number of carbonyl (C=O) groups is 1. The third-order valence-corrected chi connectivity index (χ3v) is 4.64. The number of nitriles is 1. The Morgan fingerprint density at radius 2 is 2.11 bits per heavy atom. The Morgan fingerprint density at radius 3 is 2.70 bits per heavy atom. The van der Waals surface area contributed by atoms with Crippen LogP contribution in [0.3, 0.4) is 0 Å². The molecule has 0 atom stereocenters. The van der Waals surface area contributed by atoms with Crippen LogP contribution < -0.4 is 14.8 Å². The van der Waals surface area contributed by atoms with Gasteiger partial charge in [0.2, 0.25) is 0 Å². The molecule has 0 radical (unpaired) electrons. The first-order valence-electron chi connectivity index (χ1n) is 8.09. The number of hydrogen-bond acceptors (Lipinski definition) is 4. The van der Waals surface area contributed by atoms with E-state index >= 15 is 0 Å². The van der Waals surface area contributed by atoms with Crippen molar-refractivity contribution >= 4 is 45.2 Å². The maximum absolute atomic E-state index is 12.5. The number of nitrogens with one attached hydrogen (secondary N) is 1. The zero-order chi connectivity index (χ0) is 20.0. The Balaban J connectivity index is 2.33. The van der Waals surface area contributed by atoms with Crippen LogP contribution in [0.5, 0.6) is 11.5 Å². The lowest BCUT2D eigenvalue weighted by Gasteiger charge is -2.12. The molecule has 2 rings (SSSR count). The zero-order valence-corrected chi connectivity index (χ0v) is 17.4. The van der Waals surface area contributed by atoms with Gasteiger partial charge in [0.15, 0.2) is 11.5 Å². The van der Waals surface area contributed by atoms with Crippen molar-refractivity contribution in [3.05, 3.63) is 56.5 Å². The molecule has 2 aromatic carbocycles. The second-order valence-electron chi connectivity index (χ2n) is 5.56. The fraction of sp³-hybridized carbons (Fsp3) is 0.200. The maximum Gasteiger partial charge on any atom is 0.266 e. The van der Waals surface area contributed by atoms with Crippen molar-refractivity contribution in [2.75, 3.05) is 19.0 Å². The number of ether oxygens (including phenoxy) is 2. The Labute approximate surface area is 171 Å². The van der Waals surface area contributed by atoms with E-state index in [-0.39, 0.29) is 5.57 Å². The Kier molecular flexibility index (Phi) is 7.28. The fourth-order valence-corrected chi connectivity index (χ4v) is 3.12. The lowest BCUT2D eigenvalue weighted by molar-refractivity contribution is -0.112. The van der Waals surface area contributed by atoms with E-state index in [1.165, 1.54) is 6.08 Å². The molecule has 1 amide bonds. The highest BCUT2D eigenvalue weighted by atomic mass is 79.9. The average Bonchev–Trinajstić information content (AvgIpc) is 2.63. The molecule has 0 heterocycles. The van der Waals surface area contributed by atoms with Crippen LogP contribution in [0.4, 0.5) is 5.69 Å². The molecule has 0 saturated heterocycles. The van der Waals surface area contributed by atoms with Crippen LogP contribution in [0.15, 0.2) is 40.4 Å². The first kappa shape index (κ1) is 20.8. The quantitative estimate of drug-likeness (QED) is 0.476. The molecule has 1 N–H and O–H groups in total. The number of benzene rings is 2. The van der Waals surface area contributed by atoms with Crippen molar-refractivity contribution in [3.8, 4) is 17.6 Å². The van der Waals surface area contributed by atoms with Crippen LogP contribution in [0.2, 0.25) is 5.02 Å². The van der Waals surface area contributed by atoms with Crippen LogP contribution in [0, 0.1) is 18.3 Å². The predicted octanol–water partition coefficient (Wildman–Crippen LogP) is 5.36. The van der Waals surface area contributed by atoms with E-state index in [1.54, 1.807) is 37.4 Å². The van der Waals surface area contributed by atoms with E-state index in [4.69, 9.17) is 21.1 Å². The number of amides is 1. The fourth-order valence-electron chi connectivity index (χ4n) is 2.32. The molecule has 5 nitrogen and oxygen atoms in total. The molecular weight excluding hydrogens is 432 g/mol. The number of nitrogens with zero attached hydrogens (tertiary/aromatic N) is 1. The molecule has 0 aliphatic rings. The SMILES string of the molecule is CCOc1cc(/C=C(/C#N)C(=O)Nc2ccc(C)c(Cl)c2)cc(Br)c1OC. The van der Waals surface area contributed by atoms with E-state index < -0.39 is 5.91 Å². The minimum absolute atomic E-state index is 0.0498. The smallest absolute Gasteiger partial charge is 0.266 e. The summed E-state index contributed by atoms with van der Waals surface area (Å²) in [5.41, 5.74) is 1.99. The van der Waals surface area contributed by atoms with Crippen molar-refractivity contribution in [3.63, 3.8) is 0 Å². The summed E-state index contributed by atoms with van der Waals surface area (Å²) in [6.07, 6.45) is 1.48. The van der Waals surface area contributed by atoms with Gasteiger partial charge in [-0.3, -0.25) is 4.79 Å². The number of aryl methyl sites for hydroxylation is 1. The lowest BCUT2D eigenvalue weighted by Crippen LogP contribution is -2.13. The molecular formula is C20H18BrClN2O3. The number of carbonyl (C=O) groups excluding carboxylic acids is 1. The highest BCUT2D eigenvalue weighted by Gasteiger charge is 2.14. The normalized spacial score (nSPS) is 10.9. The van der Waals surface area contributed by atoms with Crippen molar-refractivity contribution < 1.29 is 14.3 Å². The number of anilines is 1. The lowest BCUT2D eigenvalue weighted by atomic mass is 10.1. The predicted molar refractivity (Wildman–Crippen MR) is 110 cm³/mol. The summed E-state index contributed by atoms with van der Waals surface area (Å²) in [4.78, 5) is 12.5. The Bertz CT molecular complexity index is 936. The molecule has 0 spiro atoms. The van der Waals surface area contributed by atoms with Crippen LogP contribution in [-0.2, 0) is 4.79 Å². The number of halogens is 2. The van der Waals surface area contributed by atoms with Crippen molar-refractivity contribution in [1.29, 1.82) is 5.26 Å². The first-order valence-corrected chi connectivity index (χ1v) is 9.26. The van der Waals surface area contributed by atoms with Gasteiger partial charge in [0, 0.05) is 10.7 Å². The Hall–Kier alpha value is -2.49. The largest absolute Gasteiger partial charge is 0.492 e. The molecule has 0 saturated carbocycles. The minimum Gasteiger partial charge on any atom is -0.492 e. The average molecular weight is 450 g/mol. The van der Waals surface area contributed by atoms with Gasteiger partial charge in [-0.2, -0.15) is 5.26 Å². The van der Waals surface area contributed by atoms with Gasteiger partial charge in [0.1, 0.15) is 11.6 Å². The molecule has 0 bridgehead atoms. The van der Waals surface area contributed by atoms with E-state index in [9.17, 15) is 10.1 Å². The van der Waals surface area contributed by atoms with Crippen molar-refractivity contribution in [1.82, 2.24) is 0 Å². The molecule has 140 valence electrons. The van der Waals surface area contributed by atoms with E-state index in [0.717, 1.165) is 5.56 Å². The van der Waals surface area contributed by atoms with Crippen LogP contribution in [-0.4, -0.2) is 19.6 Å². The maximum atomic E-state index is 12.5. The van der Waals surface area contributed by atoms with Crippen LogP contribution >= 0.6 is 27.5 Å². The van der Waals surface area contributed by atoms with E-state index in [2.05, 4.69) is 21.2 Å². The van der Waals surface area contributed by atoms with E-state index in [1.807, 2.05) is 19.9 Å². The number of hydrogen-bond donors (Lipinski definition) is 1. The second-order valence-corrected chi connectivity index (χ2v) is 6.82. The molecule has 7 heteroatoms. The monoisotopic (exact) mass is 448 g/mol. The molecule has 0 aliphatic carbocycles. The highest BCUT2D eigenvalue weighted by Crippen LogP contribution is 2.37. The minimum atomic E-state index is -0.526. The van der Waals surface area contributed by atoms with Gasteiger partial charge in [-0.05, 0) is 71.2 Å². The summed E-state index contributed by atoms with van der Waals surface area (Å²) in [6.45, 7) is 4.18. The number of methoxy groups -OCH3 is 1. The molecule has 0 aromatic heterocycles. The third-order valence-electron chi connectivity index (χ3n) is 3.64. The van der Waals surface area contributed by atoms with Gasteiger partial charge in [0.25, 0.3) is 5.91 Å². The van der Waals surface area contributed by atoms with Crippen LogP contribution in [0.25, 0.3) is 6.08 Å². The summed E-state index contributed by atoms with van der Waals surface area (Å²) in [5, 5.41) is 12.6. The summed E-state index contributed by atoms with van der Waals surface area (Å²) >= 11 is 9.48. The van der Waals surface area contributed by atoms with Crippen molar-refractivity contribution in [2.45, 2.75) is 13.8 Å². The van der Waals surface area contributed by atoms with Crippen molar-refractivity contribution in [2.24, 2.45) is 0 Å². The summed E-state index contributed by atoms with van der Waals surface area (Å²) in [5.74, 6) is 0.539. The standard InChI is InChI=1S/C20H18BrClN2O3/c1-4-27-18-9-13(8-16(21)19(18)26-3)7-14(11-23)20(25)24-15-6-5-12(2)17(22)10-15/h5-10H,4H2,1-3H3,(H,24,25)/b14-7-. The summed E-state index contributed by atoms with van der Waals surface area (Å²) in [6, 6.07) is 10.5. The zero-order valence-electron chi connectivity index (χ0n) is 15.1. The van der Waals surface area contributed by atoms with Gasteiger partial charge in [-0.15, -0.1) is 0 Å². The molecule has 2 aromatic rings. The van der Waals surface area contributed by atoms with Gasteiger partial charge >= 0.3 is 0 Å². The highest BCUT2D eigenvalue weighted by molar-refractivity contribution is 9.10. The van der Waals surface area contributed by atoms with Gasteiger partial charge in [-0.25, -0.2) is 0 Å². The third kappa shape index (κ3) is 5.25. The molecule has 27 heavy (non-hydrogen) atoms. The topological polar surface area (TPSA) is 71.3 Å². The molecule has 0 unspecified atom stereocenters. The van der Waals surface area contributed by atoms with Gasteiger partial charge in [0.05, 0.1) is 18.2 Å². The summed E-state index contributed by atoms with van der Waals surface area (Å²) < 4.78 is 11.5. The van der Waals surface area contributed by atoms with Gasteiger partial charge in [-0.1, -0.05) is 17.7 Å². The molecule has 0 fully saturated rings. The molecule has 0 aliphatic heterocycles. The summed E-state index contributed by atoms with van der Waals surface area (Å²) in [7, 11) is 1.54. The Morgan fingerprint density at radius 1 is 1.37 bits per heavy atom. The first-order chi connectivity index (χ1) is 12.9. The number of rotatable bonds is 6. The van der Waals surface area contributed by atoms with E-state index in [0.29, 0.717) is 38.9 Å².